The van der Waals surface area contributed by atoms with Crippen LogP contribution in [-0.4, -0.2) is 40.8 Å². The van der Waals surface area contributed by atoms with Gasteiger partial charge >= 0.3 is 0 Å². The summed E-state index contributed by atoms with van der Waals surface area (Å²) in [5.74, 6) is 0.0294. The van der Waals surface area contributed by atoms with E-state index in [4.69, 9.17) is 0 Å². The monoisotopic (exact) mass is 367 g/mol. The van der Waals surface area contributed by atoms with Crippen molar-refractivity contribution in [3.8, 4) is 0 Å². The van der Waals surface area contributed by atoms with Gasteiger partial charge in [0.15, 0.2) is 0 Å². The van der Waals surface area contributed by atoms with Gasteiger partial charge in [0.05, 0.1) is 11.8 Å². The number of nitrogens with zero attached hydrogens (tertiary/aromatic N) is 1. The molecular weight excluding hydrogens is 338 g/mol. The van der Waals surface area contributed by atoms with Crippen LogP contribution < -0.4 is 5.32 Å². The van der Waals surface area contributed by atoms with Crippen molar-refractivity contribution in [2.45, 2.75) is 51.5 Å². The molecule has 4 rings (SSSR count). The standard InChI is InChI=1S/C22H29N3O2/c1-2-16-7-5-6-12-25(16)22(27)19-13-18(19)21(26)23-11-10-15-14-24-20-9-4-3-8-17(15)20/h3-4,8-9,14,16,18-19,24H,2,5-7,10-13H2,1H3,(H,23,26). The van der Waals surface area contributed by atoms with E-state index in [9.17, 15) is 9.59 Å². The van der Waals surface area contributed by atoms with E-state index < -0.39 is 0 Å². The summed E-state index contributed by atoms with van der Waals surface area (Å²) in [6.45, 7) is 3.63. The fourth-order valence-electron chi connectivity index (χ4n) is 4.48. The van der Waals surface area contributed by atoms with Gasteiger partial charge in [-0.15, -0.1) is 0 Å². The first kappa shape index (κ1) is 18.1. The number of aromatic nitrogens is 1. The number of likely N-dealkylation sites (tertiary alicyclic amines) is 1. The average molecular weight is 367 g/mol. The molecule has 3 atom stereocenters. The van der Waals surface area contributed by atoms with E-state index in [0.717, 1.165) is 37.7 Å². The van der Waals surface area contributed by atoms with Crippen LogP contribution in [0.2, 0.25) is 0 Å². The van der Waals surface area contributed by atoms with E-state index in [1.165, 1.54) is 17.4 Å². The number of amides is 2. The maximum absolute atomic E-state index is 12.8. The molecule has 0 radical (unpaired) electrons. The van der Waals surface area contributed by atoms with Crippen LogP contribution in [0.15, 0.2) is 30.5 Å². The SMILES string of the molecule is CCC1CCCCN1C(=O)C1CC1C(=O)NCCc1c[nH]c2ccccc12. The predicted octanol–water partition coefficient (Wildman–Crippen LogP) is 3.25. The maximum atomic E-state index is 12.8. The predicted molar refractivity (Wildman–Crippen MR) is 106 cm³/mol. The lowest BCUT2D eigenvalue weighted by atomic mass is 9.99. The third kappa shape index (κ3) is 3.73. The number of piperidine rings is 1. The van der Waals surface area contributed by atoms with Crippen LogP contribution in [0.3, 0.4) is 0 Å². The number of H-pyrrole nitrogens is 1. The molecule has 0 bridgehead atoms. The topological polar surface area (TPSA) is 65.2 Å². The minimum Gasteiger partial charge on any atom is -0.361 e. The van der Waals surface area contributed by atoms with Crippen molar-refractivity contribution < 1.29 is 9.59 Å². The number of carbonyl (C=O) groups is 2. The third-order valence-electron chi connectivity index (χ3n) is 6.19. The Morgan fingerprint density at radius 1 is 1.22 bits per heavy atom. The molecule has 0 spiro atoms. The van der Waals surface area contributed by atoms with E-state index >= 15 is 0 Å². The van der Waals surface area contributed by atoms with Gasteiger partial charge in [-0.2, -0.15) is 0 Å². The second kappa shape index (κ2) is 7.75. The highest BCUT2D eigenvalue weighted by Gasteiger charge is 2.50. The molecule has 2 heterocycles. The molecule has 144 valence electrons. The van der Waals surface area contributed by atoms with Crippen molar-refractivity contribution in [1.29, 1.82) is 0 Å². The van der Waals surface area contributed by atoms with Gasteiger partial charge < -0.3 is 15.2 Å². The molecule has 2 N–H and O–H groups in total. The number of hydrogen-bond acceptors (Lipinski definition) is 2. The zero-order valence-corrected chi connectivity index (χ0v) is 16.0. The van der Waals surface area contributed by atoms with Crippen molar-refractivity contribution in [3.63, 3.8) is 0 Å². The maximum Gasteiger partial charge on any atom is 0.226 e. The lowest BCUT2D eigenvalue weighted by molar-refractivity contribution is -0.138. The van der Waals surface area contributed by atoms with Crippen molar-refractivity contribution in [2.75, 3.05) is 13.1 Å². The first-order valence-electron chi connectivity index (χ1n) is 10.3. The van der Waals surface area contributed by atoms with Crippen molar-refractivity contribution >= 4 is 22.7 Å². The molecule has 1 aliphatic carbocycles. The number of fused-ring (bicyclic) bond motifs is 1. The molecule has 1 aromatic carbocycles. The second-order valence-electron chi connectivity index (χ2n) is 7.94. The molecule has 1 saturated carbocycles. The summed E-state index contributed by atoms with van der Waals surface area (Å²) < 4.78 is 0. The zero-order valence-electron chi connectivity index (χ0n) is 16.0. The number of benzene rings is 1. The molecule has 5 heteroatoms. The van der Waals surface area contributed by atoms with E-state index in [2.05, 4.69) is 29.4 Å². The number of rotatable bonds is 6. The normalized spacial score (nSPS) is 24.8. The molecule has 5 nitrogen and oxygen atoms in total. The second-order valence-corrected chi connectivity index (χ2v) is 7.94. The molecule has 27 heavy (non-hydrogen) atoms. The summed E-state index contributed by atoms with van der Waals surface area (Å²) in [7, 11) is 0. The Hall–Kier alpha value is -2.30. The van der Waals surface area contributed by atoms with E-state index in [-0.39, 0.29) is 23.7 Å². The Labute approximate surface area is 160 Å². The van der Waals surface area contributed by atoms with Crippen LogP contribution in [0, 0.1) is 11.8 Å². The number of aromatic amines is 1. The summed E-state index contributed by atoms with van der Waals surface area (Å²) >= 11 is 0. The smallest absolute Gasteiger partial charge is 0.226 e. The first-order valence-corrected chi connectivity index (χ1v) is 10.3. The zero-order chi connectivity index (χ0) is 18.8. The van der Waals surface area contributed by atoms with Crippen molar-refractivity contribution in [3.05, 3.63) is 36.0 Å². The van der Waals surface area contributed by atoms with Crippen LogP contribution in [0.4, 0.5) is 0 Å². The fourth-order valence-corrected chi connectivity index (χ4v) is 4.48. The lowest BCUT2D eigenvalue weighted by Gasteiger charge is -2.35. The van der Waals surface area contributed by atoms with E-state index in [0.29, 0.717) is 19.0 Å². The van der Waals surface area contributed by atoms with Gasteiger partial charge in [0.25, 0.3) is 0 Å². The lowest BCUT2D eigenvalue weighted by Crippen LogP contribution is -2.44. The summed E-state index contributed by atoms with van der Waals surface area (Å²) in [5, 5.41) is 4.25. The van der Waals surface area contributed by atoms with Gasteiger partial charge in [0.2, 0.25) is 11.8 Å². The van der Waals surface area contributed by atoms with Crippen LogP contribution in [0.5, 0.6) is 0 Å². The van der Waals surface area contributed by atoms with Crippen LogP contribution in [0.25, 0.3) is 10.9 Å². The highest BCUT2D eigenvalue weighted by atomic mass is 16.2. The van der Waals surface area contributed by atoms with Gasteiger partial charge in [-0.3, -0.25) is 9.59 Å². The van der Waals surface area contributed by atoms with Gasteiger partial charge in [-0.1, -0.05) is 25.1 Å². The molecule has 1 saturated heterocycles. The van der Waals surface area contributed by atoms with Crippen LogP contribution in [-0.2, 0) is 16.0 Å². The van der Waals surface area contributed by atoms with Crippen LogP contribution >= 0.6 is 0 Å². The van der Waals surface area contributed by atoms with Crippen LogP contribution in [0.1, 0.15) is 44.6 Å². The highest BCUT2D eigenvalue weighted by molar-refractivity contribution is 5.92. The minimum atomic E-state index is -0.125. The molecule has 1 aliphatic heterocycles. The Kier molecular flexibility index (Phi) is 5.19. The van der Waals surface area contributed by atoms with E-state index in [1.54, 1.807) is 0 Å². The molecule has 2 aromatic rings. The largest absolute Gasteiger partial charge is 0.361 e. The molecule has 2 fully saturated rings. The van der Waals surface area contributed by atoms with Gasteiger partial charge in [0, 0.05) is 36.2 Å². The quantitative estimate of drug-likeness (QED) is 0.823. The third-order valence-corrected chi connectivity index (χ3v) is 6.19. The van der Waals surface area contributed by atoms with Gasteiger partial charge in [-0.25, -0.2) is 0 Å². The number of carbonyl (C=O) groups excluding carboxylic acids is 2. The highest BCUT2D eigenvalue weighted by Crippen LogP contribution is 2.41. The summed E-state index contributed by atoms with van der Waals surface area (Å²) in [4.78, 5) is 30.6. The molecule has 3 unspecified atom stereocenters. The Morgan fingerprint density at radius 3 is 2.93 bits per heavy atom. The fraction of sp³-hybridized carbons (Fsp3) is 0.545. The first-order chi connectivity index (χ1) is 13.2. The minimum absolute atomic E-state index is 0.0400. The molecule has 2 amide bonds. The summed E-state index contributed by atoms with van der Waals surface area (Å²) in [5.41, 5.74) is 2.34. The van der Waals surface area contributed by atoms with E-state index in [1.807, 2.05) is 23.2 Å². The van der Waals surface area contributed by atoms with Crippen molar-refractivity contribution in [2.24, 2.45) is 11.8 Å². The van der Waals surface area contributed by atoms with Crippen molar-refractivity contribution in [1.82, 2.24) is 15.2 Å². The molecule has 2 aliphatic rings. The summed E-state index contributed by atoms with van der Waals surface area (Å²) in [6.07, 6.45) is 7.95. The number of para-hydroxylation sites is 1. The number of nitrogens with one attached hydrogen (secondary N) is 2. The molecule has 1 aromatic heterocycles. The Morgan fingerprint density at radius 2 is 2.07 bits per heavy atom. The summed E-state index contributed by atoms with van der Waals surface area (Å²) in [6, 6.07) is 8.57. The number of hydrogen-bond donors (Lipinski definition) is 2. The Bertz CT molecular complexity index is 828. The van der Waals surface area contributed by atoms with Gasteiger partial charge in [0.1, 0.15) is 0 Å². The van der Waals surface area contributed by atoms with Gasteiger partial charge in [-0.05, 0) is 50.2 Å². The Balaban J connectivity index is 1.27. The average Bonchev–Trinajstić information content (AvgIpc) is 3.42. The molecular formula is C22H29N3O2.